The molecule has 0 spiro atoms. The van der Waals surface area contributed by atoms with Crippen LogP contribution in [0.1, 0.15) is 149 Å². The predicted molar refractivity (Wildman–Crippen MR) is 259 cm³/mol. The molecule has 0 radical (unpaired) electrons. The number of aromatic nitrogens is 6. The van der Waals surface area contributed by atoms with Crippen molar-refractivity contribution in [3.63, 3.8) is 0 Å². The molecule has 66 heavy (non-hydrogen) atoms. The van der Waals surface area contributed by atoms with Crippen LogP contribution < -0.4 is 26.0 Å². The van der Waals surface area contributed by atoms with Crippen LogP contribution in [0.4, 0.5) is 11.4 Å². The summed E-state index contributed by atoms with van der Waals surface area (Å²) >= 11 is 0. The molecule has 2 saturated carbocycles. The van der Waals surface area contributed by atoms with Crippen molar-refractivity contribution < 1.29 is 23.9 Å². The molecule has 8 rings (SSSR count). The van der Waals surface area contributed by atoms with Gasteiger partial charge in [0.2, 0.25) is 0 Å². The smallest absolute Gasteiger partial charge is 0.307 e. The number of carbonyl (C=O) groups is 3. The number of nitrogens with one attached hydrogen (secondary N) is 4. The minimum absolute atomic E-state index is 0.0427. The molecule has 4 heterocycles. The van der Waals surface area contributed by atoms with Gasteiger partial charge in [-0.25, -0.2) is 19.3 Å². The van der Waals surface area contributed by atoms with E-state index in [1.54, 1.807) is 18.6 Å². The number of ether oxygens (including phenoxy) is 2. The van der Waals surface area contributed by atoms with Crippen molar-refractivity contribution in [2.75, 3.05) is 24.4 Å². The third-order valence-electron chi connectivity index (χ3n) is 12.6. The average molecular weight is 899 g/mol. The highest BCUT2D eigenvalue weighted by atomic mass is 16.5. The lowest BCUT2D eigenvalue weighted by atomic mass is 9.95. The summed E-state index contributed by atoms with van der Waals surface area (Å²) in [6, 6.07) is 17.4. The Kier molecular flexibility index (Phi) is 16.6. The molecule has 4 N–H and O–H groups in total. The number of rotatable bonds is 17. The molecule has 2 amide bonds. The number of hydrogen-bond acceptors (Lipinski definition) is 11. The molecule has 2 fully saturated rings. The van der Waals surface area contributed by atoms with Crippen LogP contribution in [0.3, 0.4) is 0 Å². The standard InChI is InChI=1S/C26H35N5O2.C25H31N5O3/c1-4-15-33-21-13-11-19(12-14-21)18(3)29-26(32)23-16-27-25-22(17-28-31(25)5-2)24(23)30-20-9-7-6-8-10-20;1-3-30-24-19(16-27-30)23(28-18-12-8-5-9-13-18)20(15-26-24)25(32)29-21(14-22(31)33-2)17-10-6-4-7-11-17/h11-14,16-18,20H,4-10,15H2,1-3H3,(H,27,30)(H,29,32);4,6-7,10-11,15-16,18,21H,3,5,8-9,12-14H2,1-2H3,(H,26,28)(H,29,32). The SMILES string of the molecule is CCCOc1ccc(C(C)NC(=O)c2cnc3c(cnn3CC)c2NC2CCCCC2)cc1.CCn1ncc2c(NC3CCCCC3)c(C(=O)NC(CC(=O)OC)c3ccccc3)cnc21. The number of esters is 1. The van der Waals surface area contributed by atoms with Gasteiger partial charge in [-0.2, -0.15) is 10.2 Å². The fourth-order valence-electron chi connectivity index (χ4n) is 8.93. The minimum atomic E-state index is -0.511. The number of benzene rings is 2. The first kappa shape index (κ1) is 47.5. The van der Waals surface area contributed by atoms with Crippen LogP contribution in [0.5, 0.6) is 5.75 Å². The number of methoxy groups -OCH3 is 1. The Morgan fingerprint density at radius 1 is 0.667 bits per heavy atom. The van der Waals surface area contributed by atoms with E-state index in [2.05, 4.69) is 48.4 Å². The van der Waals surface area contributed by atoms with Crippen molar-refractivity contribution in [2.24, 2.45) is 0 Å². The summed E-state index contributed by atoms with van der Waals surface area (Å²) in [7, 11) is 1.35. The molecule has 2 aromatic carbocycles. The van der Waals surface area contributed by atoms with E-state index in [9.17, 15) is 14.4 Å². The molecule has 2 atom stereocenters. The molecular weight excluding hydrogens is 833 g/mol. The van der Waals surface area contributed by atoms with Gasteiger partial charge in [-0.15, -0.1) is 0 Å². The number of carbonyl (C=O) groups excluding carboxylic acids is 3. The zero-order valence-corrected chi connectivity index (χ0v) is 39.1. The maximum Gasteiger partial charge on any atom is 0.307 e. The number of anilines is 2. The Morgan fingerprint density at radius 2 is 1.18 bits per heavy atom. The molecule has 6 aromatic rings. The van der Waals surface area contributed by atoms with Crippen LogP contribution in [0.25, 0.3) is 22.1 Å². The topological polar surface area (TPSA) is 179 Å². The van der Waals surface area contributed by atoms with E-state index in [0.29, 0.717) is 36.4 Å². The second kappa shape index (κ2) is 23.1. The lowest BCUT2D eigenvalue weighted by molar-refractivity contribution is -0.141. The second-order valence-corrected chi connectivity index (χ2v) is 17.3. The summed E-state index contributed by atoms with van der Waals surface area (Å²) in [5.41, 5.74) is 6.05. The molecule has 2 unspecified atom stereocenters. The molecule has 15 nitrogen and oxygen atoms in total. The van der Waals surface area contributed by atoms with Crippen LogP contribution in [-0.2, 0) is 22.6 Å². The lowest BCUT2D eigenvalue weighted by Gasteiger charge is -2.26. The van der Waals surface area contributed by atoms with Crippen molar-refractivity contribution in [2.45, 2.75) is 142 Å². The van der Waals surface area contributed by atoms with Gasteiger partial charge in [-0.1, -0.05) is 87.9 Å². The molecule has 350 valence electrons. The first-order valence-electron chi connectivity index (χ1n) is 23.9. The van der Waals surface area contributed by atoms with E-state index in [1.165, 1.54) is 45.6 Å². The summed E-state index contributed by atoms with van der Waals surface area (Å²) in [5.74, 6) is 0.0404. The predicted octanol–water partition coefficient (Wildman–Crippen LogP) is 9.71. The molecule has 0 aliphatic heterocycles. The van der Waals surface area contributed by atoms with Gasteiger partial charge in [0.1, 0.15) is 5.75 Å². The summed E-state index contributed by atoms with van der Waals surface area (Å²) in [6.07, 6.45) is 19.6. The van der Waals surface area contributed by atoms with Gasteiger partial charge < -0.3 is 30.7 Å². The molecule has 2 aliphatic carbocycles. The maximum absolute atomic E-state index is 13.5. The Bertz CT molecular complexity index is 2530. The number of nitrogens with zero attached hydrogens (tertiary/aromatic N) is 6. The average Bonchev–Trinajstić information content (AvgIpc) is 3.99. The molecular formula is C51H66N10O5. The number of hydrogen-bond donors (Lipinski definition) is 4. The quantitative estimate of drug-likeness (QED) is 0.0641. The van der Waals surface area contributed by atoms with E-state index >= 15 is 0 Å². The van der Waals surface area contributed by atoms with Crippen molar-refractivity contribution in [1.82, 2.24) is 40.2 Å². The monoisotopic (exact) mass is 899 g/mol. The molecule has 4 aromatic heterocycles. The van der Waals surface area contributed by atoms with Crippen molar-refractivity contribution in [3.05, 3.63) is 102 Å². The van der Waals surface area contributed by atoms with E-state index in [-0.39, 0.29) is 30.2 Å². The minimum Gasteiger partial charge on any atom is -0.494 e. The zero-order chi connectivity index (χ0) is 46.4. The third-order valence-corrected chi connectivity index (χ3v) is 12.6. The van der Waals surface area contributed by atoms with Gasteiger partial charge in [0.25, 0.3) is 11.8 Å². The van der Waals surface area contributed by atoms with Gasteiger partial charge in [-0.05, 0) is 76.1 Å². The summed E-state index contributed by atoms with van der Waals surface area (Å²) in [5, 5.41) is 24.2. The van der Waals surface area contributed by atoms with Crippen molar-refractivity contribution >= 4 is 51.2 Å². The first-order valence-corrected chi connectivity index (χ1v) is 23.9. The lowest BCUT2D eigenvalue weighted by Crippen LogP contribution is -2.32. The Balaban J connectivity index is 0.000000196. The number of amides is 2. The van der Waals surface area contributed by atoms with Crippen molar-refractivity contribution in [3.8, 4) is 5.75 Å². The molecule has 15 heteroatoms. The number of pyridine rings is 2. The number of fused-ring (bicyclic) bond motifs is 2. The molecule has 0 saturated heterocycles. The number of aryl methyl sites for hydroxylation is 2. The summed E-state index contributed by atoms with van der Waals surface area (Å²) in [4.78, 5) is 48.1. The highest BCUT2D eigenvalue weighted by Crippen LogP contribution is 2.33. The van der Waals surface area contributed by atoms with Crippen LogP contribution in [0.15, 0.2) is 79.4 Å². The second-order valence-electron chi connectivity index (χ2n) is 17.3. The maximum atomic E-state index is 13.5. The van der Waals surface area contributed by atoms with E-state index in [1.807, 2.05) is 90.9 Å². The highest BCUT2D eigenvalue weighted by Gasteiger charge is 2.26. The van der Waals surface area contributed by atoms with E-state index < -0.39 is 6.04 Å². The van der Waals surface area contributed by atoms with Crippen LogP contribution in [0, 0.1) is 0 Å². The summed E-state index contributed by atoms with van der Waals surface area (Å²) in [6.45, 7) is 10.3. The highest BCUT2D eigenvalue weighted by molar-refractivity contribution is 6.07. The van der Waals surface area contributed by atoms with Gasteiger partial charge in [-0.3, -0.25) is 14.4 Å². The zero-order valence-electron chi connectivity index (χ0n) is 39.1. The van der Waals surface area contributed by atoms with E-state index in [4.69, 9.17) is 9.47 Å². The van der Waals surface area contributed by atoms with Crippen LogP contribution in [0.2, 0.25) is 0 Å². The molecule has 2 aliphatic rings. The van der Waals surface area contributed by atoms with Gasteiger partial charge >= 0.3 is 5.97 Å². The van der Waals surface area contributed by atoms with Gasteiger partial charge in [0, 0.05) is 37.6 Å². The van der Waals surface area contributed by atoms with Crippen LogP contribution >= 0.6 is 0 Å². The first-order chi connectivity index (χ1) is 32.2. The fourth-order valence-corrected chi connectivity index (χ4v) is 8.93. The molecule has 0 bridgehead atoms. The Morgan fingerprint density at radius 3 is 1.67 bits per heavy atom. The van der Waals surface area contributed by atoms with E-state index in [0.717, 1.165) is 89.0 Å². The Hall–Kier alpha value is -6.51. The Labute approximate surface area is 387 Å². The normalized spacial score (nSPS) is 15.3. The van der Waals surface area contributed by atoms with Crippen LogP contribution in [-0.4, -0.2) is 73.1 Å². The third kappa shape index (κ3) is 11.6. The van der Waals surface area contributed by atoms with Gasteiger partial charge in [0.05, 0.1) is 77.9 Å². The summed E-state index contributed by atoms with van der Waals surface area (Å²) < 4.78 is 14.2. The van der Waals surface area contributed by atoms with Crippen molar-refractivity contribution in [1.29, 1.82) is 0 Å². The fraction of sp³-hybridized carbons (Fsp3) is 0.471. The largest absolute Gasteiger partial charge is 0.494 e. The van der Waals surface area contributed by atoms with Gasteiger partial charge in [0.15, 0.2) is 11.3 Å².